The molecule has 0 bridgehead atoms. The summed E-state index contributed by atoms with van der Waals surface area (Å²) in [5, 5.41) is 4.42. The summed E-state index contributed by atoms with van der Waals surface area (Å²) in [7, 11) is 0. The Morgan fingerprint density at radius 2 is 2.29 bits per heavy atom. The monoisotopic (exact) mass is 324 g/mol. The van der Waals surface area contributed by atoms with Gasteiger partial charge in [0.15, 0.2) is 5.78 Å². The minimum atomic E-state index is -0.368. The first kappa shape index (κ1) is 14.6. The minimum Gasteiger partial charge on any atom is -0.293 e. The van der Waals surface area contributed by atoms with Gasteiger partial charge in [0.25, 0.3) is 0 Å². The summed E-state index contributed by atoms with van der Waals surface area (Å²) in [5.41, 5.74) is 1.22. The first-order valence-corrected chi connectivity index (χ1v) is 8.02. The Morgan fingerprint density at radius 1 is 1.52 bits per heavy atom. The lowest BCUT2D eigenvalue weighted by Gasteiger charge is -2.13. The van der Waals surface area contributed by atoms with Gasteiger partial charge in [-0.25, -0.2) is 4.39 Å². The van der Waals surface area contributed by atoms with Gasteiger partial charge in [-0.05, 0) is 42.4 Å². The van der Waals surface area contributed by atoms with Gasteiger partial charge in [0, 0.05) is 22.9 Å². The Morgan fingerprint density at radius 3 is 2.95 bits per heavy atom. The Kier molecular flexibility index (Phi) is 4.04. The summed E-state index contributed by atoms with van der Waals surface area (Å²) in [6.07, 6.45) is 2.35. The highest BCUT2D eigenvalue weighted by Crippen LogP contribution is 2.42. The highest BCUT2D eigenvalue weighted by atomic mass is 35.5. The zero-order chi connectivity index (χ0) is 15.0. The molecule has 0 spiro atoms. The summed E-state index contributed by atoms with van der Waals surface area (Å²) in [6, 6.07) is 4.57. The fourth-order valence-electron chi connectivity index (χ4n) is 2.47. The van der Waals surface area contributed by atoms with E-state index in [-0.39, 0.29) is 23.9 Å². The second-order valence-electron chi connectivity index (χ2n) is 5.43. The lowest BCUT2D eigenvalue weighted by Crippen LogP contribution is -2.07. The third-order valence-corrected chi connectivity index (χ3v) is 4.83. The molecule has 1 heterocycles. The van der Waals surface area contributed by atoms with Gasteiger partial charge in [-0.2, -0.15) is 0 Å². The van der Waals surface area contributed by atoms with Gasteiger partial charge in [-0.1, -0.05) is 29.1 Å². The molecular weight excluding hydrogens is 311 g/mol. The van der Waals surface area contributed by atoms with Crippen LogP contribution in [0.2, 0.25) is 5.02 Å². The average Bonchev–Trinajstić information content (AvgIpc) is 3.15. The number of benzene rings is 1. The summed E-state index contributed by atoms with van der Waals surface area (Å²) in [5.74, 6) is -0.290. The molecule has 0 amide bonds. The molecule has 1 saturated carbocycles. The minimum absolute atomic E-state index is 0.0290. The molecule has 0 unspecified atom stereocenters. The van der Waals surface area contributed by atoms with Gasteiger partial charge in [0.2, 0.25) is 0 Å². The van der Waals surface area contributed by atoms with E-state index in [2.05, 4.69) is 9.59 Å². The smallest absolute Gasteiger partial charge is 0.176 e. The number of carbonyl (C=O) groups is 1. The van der Waals surface area contributed by atoms with Crippen LogP contribution in [-0.2, 0) is 0 Å². The molecule has 1 aromatic heterocycles. The Labute approximate surface area is 131 Å². The predicted molar refractivity (Wildman–Crippen MR) is 80.7 cm³/mol. The molecule has 6 heteroatoms. The maximum atomic E-state index is 13.9. The quantitative estimate of drug-likeness (QED) is 0.756. The van der Waals surface area contributed by atoms with E-state index in [0.29, 0.717) is 21.4 Å². The van der Waals surface area contributed by atoms with Crippen molar-refractivity contribution >= 4 is 28.9 Å². The van der Waals surface area contributed by atoms with Gasteiger partial charge < -0.3 is 0 Å². The zero-order valence-electron chi connectivity index (χ0n) is 11.5. The molecule has 0 saturated heterocycles. The fourth-order valence-corrected chi connectivity index (χ4v) is 3.52. The Balaban J connectivity index is 1.79. The summed E-state index contributed by atoms with van der Waals surface area (Å²) in [6.45, 7) is 1.81. The first-order valence-electron chi connectivity index (χ1n) is 6.87. The molecule has 1 aromatic carbocycles. The summed E-state index contributed by atoms with van der Waals surface area (Å²) >= 11 is 7.19. The van der Waals surface area contributed by atoms with Crippen molar-refractivity contribution in [3.8, 4) is 0 Å². The average molecular weight is 325 g/mol. The van der Waals surface area contributed by atoms with Gasteiger partial charge >= 0.3 is 0 Å². The maximum Gasteiger partial charge on any atom is 0.176 e. The molecule has 1 fully saturated rings. The van der Waals surface area contributed by atoms with Crippen molar-refractivity contribution in [1.82, 2.24) is 9.59 Å². The molecule has 1 aliphatic carbocycles. The van der Waals surface area contributed by atoms with Crippen molar-refractivity contribution in [2.24, 2.45) is 0 Å². The molecule has 1 aliphatic rings. The van der Waals surface area contributed by atoms with E-state index in [0.717, 1.165) is 30.1 Å². The normalized spacial score (nSPS) is 16.0. The number of rotatable bonds is 5. The molecule has 3 nitrogen and oxygen atoms in total. The number of Topliss-reactive ketones (excluding diaryl/α,β-unsaturated/α-hetero) is 1. The van der Waals surface area contributed by atoms with Crippen molar-refractivity contribution in [2.75, 3.05) is 0 Å². The van der Waals surface area contributed by atoms with Gasteiger partial charge in [0.1, 0.15) is 10.7 Å². The largest absolute Gasteiger partial charge is 0.293 e. The molecule has 2 aromatic rings. The molecule has 21 heavy (non-hydrogen) atoms. The van der Waals surface area contributed by atoms with Crippen LogP contribution in [0, 0.1) is 5.82 Å². The van der Waals surface area contributed by atoms with Crippen molar-refractivity contribution in [3.05, 3.63) is 45.2 Å². The van der Waals surface area contributed by atoms with Gasteiger partial charge in [-0.15, -0.1) is 5.10 Å². The number of carbonyl (C=O) groups excluding carboxylic acids is 1. The van der Waals surface area contributed by atoms with Crippen LogP contribution in [0.3, 0.4) is 0 Å². The van der Waals surface area contributed by atoms with Crippen LogP contribution in [0.1, 0.15) is 59.0 Å². The van der Waals surface area contributed by atoms with Crippen LogP contribution in [0.25, 0.3) is 0 Å². The second-order valence-corrected chi connectivity index (χ2v) is 6.59. The van der Waals surface area contributed by atoms with Crippen LogP contribution < -0.4 is 0 Å². The van der Waals surface area contributed by atoms with E-state index in [1.54, 1.807) is 12.1 Å². The molecule has 110 valence electrons. The van der Waals surface area contributed by atoms with E-state index in [9.17, 15) is 9.18 Å². The van der Waals surface area contributed by atoms with E-state index < -0.39 is 0 Å². The molecule has 3 rings (SSSR count). The third-order valence-electron chi connectivity index (χ3n) is 3.71. The van der Waals surface area contributed by atoms with E-state index in [1.807, 2.05) is 6.92 Å². The lowest BCUT2D eigenvalue weighted by atomic mass is 9.94. The number of ketones is 1. The van der Waals surface area contributed by atoms with E-state index in [4.69, 9.17) is 11.6 Å². The molecule has 0 radical (unpaired) electrons. The van der Waals surface area contributed by atoms with E-state index in [1.165, 1.54) is 6.07 Å². The van der Waals surface area contributed by atoms with Crippen molar-refractivity contribution in [3.63, 3.8) is 0 Å². The zero-order valence-corrected chi connectivity index (χ0v) is 13.0. The van der Waals surface area contributed by atoms with Crippen LogP contribution in [0.15, 0.2) is 18.2 Å². The first-order chi connectivity index (χ1) is 10.1. The summed E-state index contributed by atoms with van der Waals surface area (Å²) in [4.78, 5) is 13.1. The third kappa shape index (κ3) is 2.99. The number of hydrogen-bond donors (Lipinski definition) is 0. The Bertz CT molecular complexity index is 664. The maximum absolute atomic E-state index is 13.9. The highest BCUT2D eigenvalue weighted by molar-refractivity contribution is 7.08. The Hall–Kier alpha value is -1.33. The molecular formula is C15H14ClFN2OS. The molecule has 0 aliphatic heterocycles. The van der Waals surface area contributed by atoms with E-state index >= 15 is 0 Å². The van der Waals surface area contributed by atoms with Crippen molar-refractivity contribution < 1.29 is 9.18 Å². The number of nitrogens with zero attached hydrogens (tertiary/aromatic N) is 2. The SMILES string of the molecule is C[C@@H](CC(=O)c1snnc1C1CC1)c1c(F)cccc1Cl. The van der Waals surface area contributed by atoms with Crippen molar-refractivity contribution in [2.45, 2.75) is 38.0 Å². The molecule has 1 atom stereocenters. The highest BCUT2D eigenvalue weighted by Gasteiger charge is 2.32. The topological polar surface area (TPSA) is 42.9 Å². The molecule has 0 N–H and O–H groups in total. The van der Waals surface area contributed by atoms with Gasteiger partial charge in [-0.3, -0.25) is 4.79 Å². The predicted octanol–water partition coefficient (Wildman–Crippen LogP) is 4.58. The number of hydrogen-bond acceptors (Lipinski definition) is 4. The number of aromatic nitrogens is 2. The van der Waals surface area contributed by atoms with Crippen LogP contribution in [-0.4, -0.2) is 15.4 Å². The number of halogens is 2. The second kappa shape index (κ2) is 5.81. The van der Waals surface area contributed by atoms with Crippen LogP contribution in [0.5, 0.6) is 0 Å². The standard InChI is InChI=1S/C15H14ClFN2OS/c1-8(13-10(16)3-2-4-11(13)17)7-12(20)15-14(9-5-6-9)18-19-21-15/h2-4,8-9H,5-7H2,1H3/t8-/m0/s1. The summed E-state index contributed by atoms with van der Waals surface area (Å²) < 4.78 is 17.8. The van der Waals surface area contributed by atoms with Crippen LogP contribution >= 0.6 is 23.1 Å². The lowest BCUT2D eigenvalue weighted by molar-refractivity contribution is 0.0978. The fraction of sp³-hybridized carbons (Fsp3) is 0.400. The van der Waals surface area contributed by atoms with Crippen molar-refractivity contribution in [1.29, 1.82) is 0 Å². The van der Waals surface area contributed by atoms with Crippen LogP contribution in [0.4, 0.5) is 4.39 Å². The van der Waals surface area contributed by atoms with Gasteiger partial charge in [0.05, 0.1) is 5.69 Å².